The topological polar surface area (TPSA) is 131 Å². The van der Waals surface area contributed by atoms with Gasteiger partial charge in [-0.1, -0.05) is 182 Å². The number of aliphatic hydroxyl groups is 1. The molecule has 0 bridgehead atoms. The van der Waals surface area contributed by atoms with Gasteiger partial charge in [0.05, 0.1) is 18.9 Å². The fourth-order valence-electron chi connectivity index (χ4n) is 7.38. The molecule has 0 radical (unpaired) electrons. The molecule has 0 aromatic carbocycles. The third kappa shape index (κ3) is 46.8. The van der Waals surface area contributed by atoms with Crippen molar-refractivity contribution < 1.29 is 24.2 Å². The number of ether oxygens (including phenoxy) is 2. The number of hydrazine groups is 1. The molecule has 0 saturated carbocycles. The molecule has 0 aliphatic rings. The maximum atomic E-state index is 12.7. The number of aliphatic hydroxyl groups excluding tert-OH is 1. The minimum absolute atomic E-state index is 0.0246. The zero-order valence-corrected chi connectivity index (χ0v) is 39.1. The highest BCUT2D eigenvalue weighted by molar-refractivity contribution is 5.69. The van der Waals surface area contributed by atoms with Gasteiger partial charge in [0, 0.05) is 19.2 Å². The van der Waals surface area contributed by atoms with Crippen LogP contribution in [0.5, 0.6) is 0 Å². The van der Waals surface area contributed by atoms with E-state index in [0.29, 0.717) is 25.2 Å². The van der Waals surface area contributed by atoms with Gasteiger partial charge in [-0.15, -0.1) is 0 Å². The normalized spacial score (nSPS) is 11.6. The van der Waals surface area contributed by atoms with Gasteiger partial charge in [-0.05, 0) is 77.4 Å². The number of carbonyl (C=O) groups is 2. The van der Waals surface area contributed by atoms with Crippen LogP contribution in [0.3, 0.4) is 0 Å². The van der Waals surface area contributed by atoms with E-state index in [2.05, 4.69) is 37.3 Å². The van der Waals surface area contributed by atoms with Crippen molar-refractivity contribution in [3.05, 3.63) is 11.9 Å². The molecule has 58 heavy (non-hydrogen) atoms. The predicted molar refractivity (Wildman–Crippen MR) is 248 cm³/mol. The molecule has 0 aliphatic heterocycles. The summed E-state index contributed by atoms with van der Waals surface area (Å²) in [5.74, 6) is 6.04. The zero-order chi connectivity index (χ0) is 43.0. The second kappa shape index (κ2) is 49.5. The molecule has 0 saturated heterocycles. The van der Waals surface area contributed by atoms with Crippen molar-refractivity contribution in [3.8, 4) is 0 Å². The minimum Gasteiger partial charge on any atom is -0.468 e. The Kier molecular flexibility index (Phi) is 49.7. The van der Waals surface area contributed by atoms with Crippen LogP contribution in [-0.4, -0.2) is 73.0 Å². The lowest BCUT2D eigenvalue weighted by Crippen LogP contribution is -2.33. The highest BCUT2D eigenvalue weighted by Gasteiger charge is 2.14. The van der Waals surface area contributed by atoms with E-state index in [-0.39, 0.29) is 18.7 Å². The third-order valence-corrected chi connectivity index (χ3v) is 11.1. The SMILES string of the molecule is CCCCCCCCC(CCCCCCCC)OC(=O)CCCCCCCN(CCCCCCCC)CCCN(N)/C=C(\N)CO.CCCCCCCCCOC=O. The Balaban J connectivity index is 0. The predicted octanol–water partition coefficient (Wildman–Crippen LogP) is 12.7. The van der Waals surface area contributed by atoms with Crippen LogP contribution in [0.4, 0.5) is 0 Å². The van der Waals surface area contributed by atoms with Gasteiger partial charge in [-0.25, -0.2) is 5.84 Å². The Morgan fingerprint density at radius 1 is 0.552 bits per heavy atom. The van der Waals surface area contributed by atoms with Crippen LogP contribution < -0.4 is 11.6 Å². The van der Waals surface area contributed by atoms with Crippen LogP contribution in [0.2, 0.25) is 0 Å². The number of rotatable bonds is 45. The van der Waals surface area contributed by atoms with Crippen molar-refractivity contribution in [2.75, 3.05) is 39.4 Å². The fourth-order valence-corrected chi connectivity index (χ4v) is 7.38. The first-order valence-electron chi connectivity index (χ1n) is 24.9. The molecule has 0 unspecified atom stereocenters. The van der Waals surface area contributed by atoms with E-state index < -0.39 is 0 Å². The van der Waals surface area contributed by atoms with Crippen molar-refractivity contribution in [3.63, 3.8) is 0 Å². The largest absolute Gasteiger partial charge is 0.468 e. The van der Waals surface area contributed by atoms with Crippen LogP contribution in [-0.2, 0) is 19.1 Å². The Labute approximate surface area is 360 Å². The van der Waals surface area contributed by atoms with Gasteiger partial charge >= 0.3 is 5.97 Å². The maximum absolute atomic E-state index is 12.7. The lowest BCUT2D eigenvalue weighted by Gasteiger charge is -2.24. The van der Waals surface area contributed by atoms with Gasteiger partial charge < -0.3 is 30.2 Å². The van der Waals surface area contributed by atoms with Crippen molar-refractivity contribution >= 4 is 12.4 Å². The number of unbranched alkanes of at least 4 members (excludes halogenated alkanes) is 25. The van der Waals surface area contributed by atoms with Crippen molar-refractivity contribution in [1.82, 2.24) is 9.91 Å². The van der Waals surface area contributed by atoms with E-state index in [9.17, 15) is 9.59 Å². The number of nitrogens with zero attached hydrogens (tertiary/aromatic N) is 2. The molecule has 0 rings (SSSR count). The molecule has 5 N–H and O–H groups in total. The first kappa shape index (κ1) is 58.3. The van der Waals surface area contributed by atoms with E-state index in [1.54, 1.807) is 11.2 Å². The van der Waals surface area contributed by atoms with E-state index in [1.165, 1.54) is 173 Å². The van der Waals surface area contributed by atoms with E-state index >= 15 is 0 Å². The summed E-state index contributed by atoms with van der Waals surface area (Å²) in [6.07, 6.45) is 43.2. The van der Waals surface area contributed by atoms with Crippen LogP contribution >= 0.6 is 0 Å². The molecule has 0 spiro atoms. The molecular formula is C49H100N4O5. The summed E-state index contributed by atoms with van der Waals surface area (Å²) in [6.45, 7) is 14.0. The van der Waals surface area contributed by atoms with Crippen molar-refractivity contribution in [1.29, 1.82) is 0 Å². The summed E-state index contributed by atoms with van der Waals surface area (Å²) in [7, 11) is 0. The fraction of sp³-hybridized carbons (Fsp3) is 0.918. The molecule has 9 nitrogen and oxygen atoms in total. The molecule has 9 heteroatoms. The standard InChI is InChI=1S/C39H80N4O3.C10H20O2/c1-4-7-10-13-17-22-28-38(29-23-18-14-11-8-5-2)46-39(45)30-24-19-16-21-26-32-42(31-25-20-15-12-9-6-3)33-27-34-43(41)35-37(40)36-44;1-2-3-4-5-6-7-8-9-12-10-11/h35,38,44H,4-34,36,40-41H2,1-3H3;10H,2-9H2,1H3/b37-35-;. The van der Waals surface area contributed by atoms with Gasteiger partial charge in [-0.3, -0.25) is 9.59 Å². The summed E-state index contributed by atoms with van der Waals surface area (Å²) in [5, 5.41) is 10.7. The first-order chi connectivity index (χ1) is 28.4. The Morgan fingerprint density at radius 3 is 1.40 bits per heavy atom. The Bertz CT molecular complexity index is 845. The monoisotopic (exact) mass is 825 g/mol. The molecule has 346 valence electrons. The Hall–Kier alpha value is -1.84. The summed E-state index contributed by atoms with van der Waals surface area (Å²) in [6, 6.07) is 0. The molecule has 0 atom stereocenters. The van der Waals surface area contributed by atoms with Crippen LogP contribution in [0, 0.1) is 0 Å². The minimum atomic E-state index is -0.169. The maximum Gasteiger partial charge on any atom is 0.306 e. The smallest absolute Gasteiger partial charge is 0.306 e. The molecule has 0 aromatic heterocycles. The van der Waals surface area contributed by atoms with E-state index in [4.69, 9.17) is 21.4 Å². The van der Waals surface area contributed by atoms with Gasteiger partial charge in [0.1, 0.15) is 6.10 Å². The number of hydrogen-bond donors (Lipinski definition) is 3. The molecule has 0 aliphatic carbocycles. The number of nitrogens with two attached hydrogens (primary N) is 2. The van der Waals surface area contributed by atoms with Crippen molar-refractivity contribution in [2.24, 2.45) is 11.6 Å². The average molecular weight is 825 g/mol. The third-order valence-electron chi connectivity index (χ3n) is 11.1. The van der Waals surface area contributed by atoms with Crippen LogP contribution in [0.25, 0.3) is 0 Å². The summed E-state index contributed by atoms with van der Waals surface area (Å²) in [5.41, 5.74) is 6.09. The van der Waals surface area contributed by atoms with E-state index in [1.807, 2.05) is 0 Å². The molecule has 0 fully saturated rings. The number of hydrogen-bond acceptors (Lipinski definition) is 9. The summed E-state index contributed by atoms with van der Waals surface area (Å²) < 4.78 is 10.6. The van der Waals surface area contributed by atoms with Crippen LogP contribution in [0.1, 0.15) is 246 Å². The molecule has 0 heterocycles. The second-order valence-electron chi connectivity index (χ2n) is 16.9. The summed E-state index contributed by atoms with van der Waals surface area (Å²) >= 11 is 0. The molecular weight excluding hydrogens is 725 g/mol. The zero-order valence-electron chi connectivity index (χ0n) is 39.1. The Morgan fingerprint density at radius 2 is 0.948 bits per heavy atom. The van der Waals surface area contributed by atoms with Gasteiger partial charge in [0.25, 0.3) is 6.47 Å². The van der Waals surface area contributed by atoms with Crippen molar-refractivity contribution in [2.45, 2.75) is 252 Å². The summed E-state index contributed by atoms with van der Waals surface area (Å²) in [4.78, 5) is 25.1. The number of carbonyl (C=O) groups excluding carboxylic acids is 2. The van der Waals surface area contributed by atoms with E-state index in [0.717, 1.165) is 64.7 Å². The first-order valence-corrected chi connectivity index (χ1v) is 24.9. The lowest BCUT2D eigenvalue weighted by atomic mass is 10.0. The molecule has 0 aromatic rings. The van der Waals surface area contributed by atoms with Gasteiger partial charge in [0.2, 0.25) is 0 Å². The molecule has 0 amide bonds. The van der Waals surface area contributed by atoms with Crippen LogP contribution in [0.15, 0.2) is 11.9 Å². The quantitative estimate of drug-likeness (QED) is 0.0180. The highest BCUT2D eigenvalue weighted by Crippen LogP contribution is 2.18. The lowest BCUT2D eigenvalue weighted by molar-refractivity contribution is -0.150. The highest BCUT2D eigenvalue weighted by atomic mass is 16.5. The number of esters is 1. The van der Waals surface area contributed by atoms with Gasteiger partial charge in [-0.2, -0.15) is 0 Å². The second-order valence-corrected chi connectivity index (χ2v) is 16.9. The van der Waals surface area contributed by atoms with Gasteiger partial charge in [0.15, 0.2) is 0 Å². The average Bonchev–Trinajstić information content (AvgIpc) is 3.22.